The molecule has 3 heteroatoms. The number of aromatic nitrogens is 2. The topological polar surface area (TPSA) is 54.7 Å². The van der Waals surface area contributed by atoms with Crippen LogP contribution >= 0.6 is 0 Å². The van der Waals surface area contributed by atoms with Gasteiger partial charge in [-0.2, -0.15) is 0 Å². The van der Waals surface area contributed by atoms with Crippen molar-refractivity contribution in [3.63, 3.8) is 0 Å². The summed E-state index contributed by atoms with van der Waals surface area (Å²) < 4.78 is 0. The monoisotopic (exact) mass is 265 g/mol. The largest absolute Gasteiger partial charge is 0.342 e. The van der Waals surface area contributed by atoms with Crippen molar-refractivity contribution < 1.29 is 0 Å². The van der Waals surface area contributed by atoms with Gasteiger partial charge in [-0.3, -0.25) is 0 Å². The van der Waals surface area contributed by atoms with E-state index in [0.29, 0.717) is 12.5 Å². The minimum absolute atomic E-state index is 0.450. The third-order valence-corrected chi connectivity index (χ3v) is 3.63. The predicted octanol–water partition coefficient (Wildman–Crippen LogP) is 3.37. The van der Waals surface area contributed by atoms with Gasteiger partial charge in [-0.25, -0.2) is 4.98 Å². The number of hydrogen-bond donors (Lipinski definition) is 2. The van der Waals surface area contributed by atoms with E-state index < -0.39 is 0 Å². The second-order valence-corrected chi connectivity index (χ2v) is 5.35. The molecule has 0 saturated carbocycles. The minimum Gasteiger partial charge on any atom is -0.342 e. The van der Waals surface area contributed by atoms with Gasteiger partial charge in [0.1, 0.15) is 5.82 Å². The first-order chi connectivity index (χ1) is 9.76. The Labute approximate surface area is 118 Å². The van der Waals surface area contributed by atoms with Crippen molar-refractivity contribution in [3.05, 3.63) is 54.5 Å². The van der Waals surface area contributed by atoms with Crippen molar-refractivity contribution in [2.75, 3.05) is 6.54 Å². The first-order valence-electron chi connectivity index (χ1n) is 6.99. The second-order valence-electron chi connectivity index (χ2n) is 5.35. The zero-order valence-corrected chi connectivity index (χ0v) is 11.6. The van der Waals surface area contributed by atoms with Crippen LogP contribution in [0.15, 0.2) is 48.7 Å². The van der Waals surface area contributed by atoms with Crippen molar-refractivity contribution in [2.24, 2.45) is 11.7 Å². The molecule has 3 N–H and O–H groups in total. The highest BCUT2D eigenvalue weighted by Crippen LogP contribution is 2.23. The van der Waals surface area contributed by atoms with Crippen LogP contribution in [0, 0.1) is 5.92 Å². The molecule has 102 valence electrons. The van der Waals surface area contributed by atoms with Gasteiger partial charge in [0.25, 0.3) is 0 Å². The van der Waals surface area contributed by atoms with Crippen LogP contribution in [-0.4, -0.2) is 16.5 Å². The molecule has 0 spiro atoms. The summed E-state index contributed by atoms with van der Waals surface area (Å²) >= 11 is 0. The average Bonchev–Trinajstić information content (AvgIpc) is 2.95. The summed E-state index contributed by atoms with van der Waals surface area (Å²) in [6, 6.07) is 14.9. The lowest BCUT2D eigenvalue weighted by atomic mass is 10.1. The molecule has 3 aromatic rings. The average molecular weight is 265 g/mol. The quantitative estimate of drug-likeness (QED) is 0.760. The number of nitrogens with one attached hydrogen (secondary N) is 1. The highest BCUT2D eigenvalue weighted by atomic mass is 14.9. The fourth-order valence-corrected chi connectivity index (χ4v) is 2.38. The Morgan fingerprint density at radius 3 is 2.75 bits per heavy atom. The number of hydrogen-bond acceptors (Lipinski definition) is 2. The minimum atomic E-state index is 0.450. The molecule has 1 aromatic heterocycles. The lowest BCUT2D eigenvalue weighted by Gasteiger charge is -2.05. The van der Waals surface area contributed by atoms with Crippen molar-refractivity contribution >= 4 is 10.8 Å². The fourth-order valence-electron chi connectivity index (χ4n) is 2.38. The smallest absolute Gasteiger partial charge is 0.106 e. The molecule has 20 heavy (non-hydrogen) atoms. The summed E-state index contributed by atoms with van der Waals surface area (Å²) in [6.45, 7) is 2.82. The molecule has 0 fully saturated rings. The number of aromatic amines is 1. The number of imidazole rings is 1. The maximum atomic E-state index is 5.66. The summed E-state index contributed by atoms with van der Waals surface area (Å²) in [6.07, 6.45) is 2.80. The Kier molecular flexibility index (Phi) is 3.52. The van der Waals surface area contributed by atoms with Crippen LogP contribution in [0.5, 0.6) is 0 Å². The zero-order chi connectivity index (χ0) is 13.9. The van der Waals surface area contributed by atoms with E-state index in [-0.39, 0.29) is 0 Å². The Bertz CT molecular complexity index is 715. The molecule has 0 saturated heterocycles. The fraction of sp³-hybridized carbons (Fsp3) is 0.235. The normalized spacial score (nSPS) is 12.7. The Morgan fingerprint density at radius 1 is 1.15 bits per heavy atom. The summed E-state index contributed by atoms with van der Waals surface area (Å²) in [5.41, 5.74) is 7.89. The van der Waals surface area contributed by atoms with E-state index >= 15 is 0 Å². The molecule has 1 unspecified atom stereocenters. The number of benzene rings is 2. The molecule has 0 aliphatic heterocycles. The van der Waals surface area contributed by atoms with E-state index in [1.807, 2.05) is 6.20 Å². The van der Waals surface area contributed by atoms with Gasteiger partial charge in [0.05, 0.1) is 11.9 Å². The van der Waals surface area contributed by atoms with Crippen molar-refractivity contribution in [3.8, 4) is 11.3 Å². The van der Waals surface area contributed by atoms with Gasteiger partial charge in [0.2, 0.25) is 0 Å². The van der Waals surface area contributed by atoms with Crippen molar-refractivity contribution in [2.45, 2.75) is 13.3 Å². The molecule has 1 atom stereocenters. The number of H-pyrrole nitrogens is 1. The molecule has 2 aromatic carbocycles. The molecule has 0 amide bonds. The first kappa shape index (κ1) is 12.9. The third-order valence-electron chi connectivity index (χ3n) is 3.63. The van der Waals surface area contributed by atoms with Gasteiger partial charge >= 0.3 is 0 Å². The Hall–Kier alpha value is -2.13. The lowest BCUT2D eigenvalue weighted by Crippen LogP contribution is -2.13. The van der Waals surface area contributed by atoms with E-state index in [2.05, 4.69) is 59.4 Å². The SMILES string of the molecule is CC(CN)Cc1ncc(-c2ccc3ccccc3c2)[nH]1. The third kappa shape index (κ3) is 2.58. The van der Waals surface area contributed by atoms with Crippen molar-refractivity contribution in [1.82, 2.24) is 9.97 Å². The van der Waals surface area contributed by atoms with Gasteiger partial charge in [0.15, 0.2) is 0 Å². The molecule has 0 bridgehead atoms. The Morgan fingerprint density at radius 2 is 1.95 bits per heavy atom. The summed E-state index contributed by atoms with van der Waals surface area (Å²) in [7, 11) is 0. The zero-order valence-electron chi connectivity index (χ0n) is 11.6. The molecule has 0 aliphatic carbocycles. The summed E-state index contributed by atoms with van der Waals surface area (Å²) in [5, 5.41) is 2.50. The number of nitrogens with two attached hydrogens (primary N) is 1. The van der Waals surface area contributed by atoms with Crippen LogP contribution < -0.4 is 5.73 Å². The van der Waals surface area contributed by atoms with Crippen LogP contribution in [0.2, 0.25) is 0 Å². The number of nitrogens with zero attached hydrogens (tertiary/aromatic N) is 1. The van der Waals surface area contributed by atoms with Gasteiger partial charge in [0, 0.05) is 12.0 Å². The van der Waals surface area contributed by atoms with Gasteiger partial charge in [-0.15, -0.1) is 0 Å². The van der Waals surface area contributed by atoms with E-state index in [0.717, 1.165) is 17.9 Å². The maximum Gasteiger partial charge on any atom is 0.106 e. The predicted molar refractivity (Wildman–Crippen MR) is 83.5 cm³/mol. The molecule has 0 aliphatic rings. The van der Waals surface area contributed by atoms with Crippen molar-refractivity contribution in [1.29, 1.82) is 0 Å². The summed E-state index contributed by atoms with van der Waals surface area (Å²) in [5.74, 6) is 1.46. The molecule has 3 nitrogen and oxygen atoms in total. The van der Waals surface area contributed by atoms with Gasteiger partial charge in [-0.1, -0.05) is 43.3 Å². The molecule has 3 rings (SSSR count). The van der Waals surface area contributed by atoms with Gasteiger partial charge in [-0.05, 0) is 29.3 Å². The van der Waals surface area contributed by atoms with E-state index in [9.17, 15) is 0 Å². The van der Waals surface area contributed by atoms with E-state index in [1.54, 1.807) is 0 Å². The Balaban J connectivity index is 1.91. The molecular weight excluding hydrogens is 246 g/mol. The van der Waals surface area contributed by atoms with Crippen LogP contribution in [0.1, 0.15) is 12.7 Å². The van der Waals surface area contributed by atoms with E-state index in [1.165, 1.54) is 16.3 Å². The number of fused-ring (bicyclic) bond motifs is 1. The second kappa shape index (κ2) is 5.47. The molecular formula is C17H19N3. The maximum absolute atomic E-state index is 5.66. The van der Waals surface area contributed by atoms with Gasteiger partial charge < -0.3 is 10.7 Å². The number of rotatable bonds is 4. The highest BCUT2D eigenvalue weighted by molar-refractivity contribution is 5.86. The summed E-state index contributed by atoms with van der Waals surface area (Å²) in [4.78, 5) is 7.84. The first-order valence-corrected chi connectivity index (χ1v) is 6.99. The van der Waals surface area contributed by atoms with Crippen LogP contribution in [0.4, 0.5) is 0 Å². The lowest BCUT2D eigenvalue weighted by molar-refractivity contribution is 0.577. The van der Waals surface area contributed by atoms with Crippen LogP contribution in [0.3, 0.4) is 0 Å². The van der Waals surface area contributed by atoms with Crippen LogP contribution in [0.25, 0.3) is 22.0 Å². The molecule has 0 radical (unpaired) electrons. The standard InChI is InChI=1S/C17H19N3/c1-12(10-18)8-17-19-11-16(20-17)15-7-6-13-4-2-3-5-14(13)9-15/h2-7,9,11-12H,8,10,18H2,1H3,(H,19,20). The van der Waals surface area contributed by atoms with E-state index in [4.69, 9.17) is 5.73 Å². The highest BCUT2D eigenvalue weighted by Gasteiger charge is 2.07. The molecule has 1 heterocycles. The van der Waals surface area contributed by atoms with Crippen LogP contribution in [-0.2, 0) is 6.42 Å².